The van der Waals surface area contributed by atoms with Gasteiger partial charge in [-0.1, -0.05) is 60.8 Å². The first-order valence-electron chi connectivity index (χ1n) is 7.86. The largest absolute Gasteiger partial charge is 0.336 e. The van der Waals surface area contributed by atoms with Crippen LogP contribution in [0.3, 0.4) is 0 Å². The van der Waals surface area contributed by atoms with Gasteiger partial charge in [-0.15, -0.1) is 0 Å². The van der Waals surface area contributed by atoms with Gasteiger partial charge in [0.2, 0.25) is 0 Å². The number of carbonyl (C=O) groups excluding carboxylic acids is 3. The molecule has 0 saturated heterocycles. The summed E-state index contributed by atoms with van der Waals surface area (Å²) in [6.45, 7) is 3.52. The monoisotopic (exact) mass is 357 g/mol. The molecule has 2 aromatic carbocycles. The van der Waals surface area contributed by atoms with Crippen molar-refractivity contribution in [3.8, 4) is 0 Å². The molecular weight excluding hydrogens is 342 g/mol. The standard InChI is InChI=1S/C19H16ClNO4/c1-11(13-7-5-6-10-16(13)20)12(2)19(24)25-21-17(22)14-8-3-4-9-15(14)18(21)23/h3-12H,1-2H3. The van der Waals surface area contributed by atoms with E-state index in [-0.39, 0.29) is 17.0 Å². The molecule has 1 aliphatic heterocycles. The van der Waals surface area contributed by atoms with Gasteiger partial charge in [-0.05, 0) is 29.7 Å². The number of rotatable bonds is 4. The Hall–Kier alpha value is -2.66. The van der Waals surface area contributed by atoms with Gasteiger partial charge in [-0.25, -0.2) is 4.79 Å². The summed E-state index contributed by atoms with van der Waals surface area (Å²) < 4.78 is 0. The van der Waals surface area contributed by atoms with Crippen LogP contribution in [0.4, 0.5) is 0 Å². The van der Waals surface area contributed by atoms with E-state index >= 15 is 0 Å². The Balaban J connectivity index is 1.76. The fourth-order valence-electron chi connectivity index (χ4n) is 2.74. The first kappa shape index (κ1) is 17.2. The van der Waals surface area contributed by atoms with E-state index in [1.54, 1.807) is 31.2 Å². The third-order valence-corrected chi connectivity index (χ3v) is 4.80. The maximum atomic E-state index is 12.5. The zero-order valence-electron chi connectivity index (χ0n) is 13.7. The van der Waals surface area contributed by atoms with Crippen LogP contribution in [0.15, 0.2) is 48.5 Å². The van der Waals surface area contributed by atoms with Gasteiger partial charge in [0, 0.05) is 5.02 Å². The first-order chi connectivity index (χ1) is 11.9. The predicted octanol–water partition coefficient (Wildman–Crippen LogP) is 3.83. The van der Waals surface area contributed by atoms with Crippen LogP contribution < -0.4 is 0 Å². The number of halogens is 1. The van der Waals surface area contributed by atoms with Crippen LogP contribution in [0.2, 0.25) is 5.02 Å². The molecule has 5 nitrogen and oxygen atoms in total. The average Bonchev–Trinajstić information content (AvgIpc) is 2.86. The Morgan fingerprint density at radius 3 is 2.04 bits per heavy atom. The van der Waals surface area contributed by atoms with E-state index in [2.05, 4.69) is 0 Å². The molecule has 0 radical (unpaired) electrons. The Labute approximate surface area is 150 Å². The molecule has 0 fully saturated rings. The molecular formula is C19H16ClNO4. The highest BCUT2D eigenvalue weighted by molar-refractivity contribution is 6.31. The summed E-state index contributed by atoms with van der Waals surface area (Å²) in [6, 6.07) is 13.6. The first-order valence-corrected chi connectivity index (χ1v) is 8.23. The van der Waals surface area contributed by atoms with Crippen LogP contribution in [0.5, 0.6) is 0 Å². The normalized spacial score (nSPS) is 15.7. The third-order valence-electron chi connectivity index (χ3n) is 4.46. The molecule has 2 atom stereocenters. The van der Waals surface area contributed by atoms with Crippen LogP contribution in [0.25, 0.3) is 0 Å². The molecule has 2 amide bonds. The second kappa shape index (κ2) is 6.69. The lowest BCUT2D eigenvalue weighted by atomic mass is 9.89. The van der Waals surface area contributed by atoms with E-state index in [1.165, 1.54) is 12.1 Å². The van der Waals surface area contributed by atoms with Gasteiger partial charge in [-0.2, -0.15) is 0 Å². The topological polar surface area (TPSA) is 63.7 Å². The van der Waals surface area contributed by atoms with Crippen molar-refractivity contribution in [2.75, 3.05) is 0 Å². The Bertz CT molecular complexity index is 829. The molecule has 0 saturated carbocycles. The van der Waals surface area contributed by atoms with Gasteiger partial charge in [0.15, 0.2) is 0 Å². The van der Waals surface area contributed by atoms with Gasteiger partial charge in [0.1, 0.15) is 0 Å². The zero-order chi connectivity index (χ0) is 18.1. The summed E-state index contributed by atoms with van der Waals surface area (Å²) in [4.78, 5) is 42.1. The summed E-state index contributed by atoms with van der Waals surface area (Å²) in [5, 5.41) is 1.08. The maximum Gasteiger partial charge on any atom is 0.336 e. The SMILES string of the molecule is CC(C(=O)ON1C(=O)c2ccccc2C1=O)C(C)c1ccccc1Cl. The zero-order valence-corrected chi connectivity index (χ0v) is 14.5. The molecule has 1 heterocycles. The van der Waals surface area contributed by atoms with Crippen LogP contribution in [-0.2, 0) is 9.63 Å². The molecule has 0 N–H and O–H groups in total. The summed E-state index contributed by atoms with van der Waals surface area (Å²) in [5.41, 5.74) is 1.26. The predicted molar refractivity (Wildman–Crippen MR) is 92.1 cm³/mol. The molecule has 0 spiro atoms. The van der Waals surface area contributed by atoms with E-state index in [0.717, 1.165) is 5.56 Å². The molecule has 1 aliphatic rings. The fourth-order valence-corrected chi connectivity index (χ4v) is 3.05. The van der Waals surface area contributed by atoms with Crippen molar-refractivity contribution >= 4 is 29.4 Å². The van der Waals surface area contributed by atoms with Crippen molar-refractivity contribution in [3.63, 3.8) is 0 Å². The molecule has 0 aliphatic carbocycles. The van der Waals surface area contributed by atoms with E-state index in [1.807, 2.05) is 19.1 Å². The molecule has 2 aromatic rings. The van der Waals surface area contributed by atoms with Crippen LogP contribution in [0.1, 0.15) is 46.0 Å². The molecule has 2 unspecified atom stereocenters. The van der Waals surface area contributed by atoms with E-state index in [9.17, 15) is 14.4 Å². The van der Waals surface area contributed by atoms with E-state index in [4.69, 9.17) is 16.4 Å². The highest BCUT2D eigenvalue weighted by Crippen LogP contribution is 2.31. The number of fused-ring (bicyclic) bond motifs is 1. The fraction of sp³-hybridized carbons (Fsp3) is 0.211. The highest BCUT2D eigenvalue weighted by atomic mass is 35.5. The van der Waals surface area contributed by atoms with E-state index < -0.39 is 23.7 Å². The number of hydroxylamine groups is 2. The lowest BCUT2D eigenvalue weighted by Crippen LogP contribution is -2.35. The minimum Gasteiger partial charge on any atom is -0.329 e. The lowest BCUT2D eigenvalue weighted by Gasteiger charge is -2.21. The van der Waals surface area contributed by atoms with Crippen molar-refractivity contribution in [1.82, 2.24) is 5.06 Å². The number of hydrogen-bond donors (Lipinski definition) is 0. The Morgan fingerprint density at radius 2 is 1.48 bits per heavy atom. The van der Waals surface area contributed by atoms with Crippen molar-refractivity contribution in [2.45, 2.75) is 19.8 Å². The number of nitrogens with zero attached hydrogens (tertiary/aromatic N) is 1. The number of benzene rings is 2. The number of amides is 2. The van der Waals surface area contributed by atoms with Gasteiger partial charge in [0.25, 0.3) is 11.8 Å². The number of imide groups is 1. The van der Waals surface area contributed by atoms with Gasteiger partial charge in [-0.3, -0.25) is 9.59 Å². The quantitative estimate of drug-likeness (QED) is 0.780. The summed E-state index contributed by atoms with van der Waals surface area (Å²) in [5.74, 6) is -2.76. The Morgan fingerprint density at radius 1 is 0.960 bits per heavy atom. The van der Waals surface area contributed by atoms with Gasteiger partial charge in [0.05, 0.1) is 17.0 Å². The van der Waals surface area contributed by atoms with Gasteiger partial charge < -0.3 is 4.84 Å². The molecule has 3 rings (SSSR count). The lowest BCUT2D eigenvalue weighted by molar-refractivity contribution is -0.173. The minimum absolute atomic E-state index is 0.229. The van der Waals surface area contributed by atoms with Crippen LogP contribution in [0, 0.1) is 5.92 Å². The molecule has 128 valence electrons. The second-order valence-corrected chi connectivity index (χ2v) is 6.37. The Kier molecular flexibility index (Phi) is 4.59. The van der Waals surface area contributed by atoms with Gasteiger partial charge >= 0.3 is 5.97 Å². The molecule has 0 bridgehead atoms. The summed E-state index contributed by atoms with van der Waals surface area (Å²) in [7, 11) is 0. The average molecular weight is 358 g/mol. The van der Waals surface area contributed by atoms with Crippen LogP contribution in [-0.4, -0.2) is 22.8 Å². The van der Waals surface area contributed by atoms with Crippen molar-refractivity contribution < 1.29 is 19.2 Å². The molecule has 0 aromatic heterocycles. The van der Waals surface area contributed by atoms with E-state index in [0.29, 0.717) is 10.1 Å². The number of carbonyl (C=O) groups is 3. The van der Waals surface area contributed by atoms with Crippen molar-refractivity contribution in [1.29, 1.82) is 0 Å². The maximum absolute atomic E-state index is 12.5. The van der Waals surface area contributed by atoms with Crippen LogP contribution >= 0.6 is 11.6 Å². The van der Waals surface area contributed by atoms with Crippen molar-refractivity contribution in [3.05, 3.63) is 70.2 Å². The number of hydrogen-bond acceptors (Lipinski definition) is 4. The summed E-state index contributed by atoms with van der Waals surface area (Å²) >= 11 is 6.17. The minimum atomic E-state index is -0.665. The smallest absolute Gasteiger partial charge is 0.329 e. The second-order valence-electron chi connectivity index (χ2n) is 5.96. The highest BCUT2D eigenvalue weighted by Gasteiger charge is 2.39. The molecule has 6 heteroatoms. The van der Waals surface area contributed by atoms with Crippen molar-refractivity contribution in [2.24, 2.45) is 5.92 Å². The summed E-state index contributed by atoms with van der Waals surface area (Å²) in [6.07, 6.45) is 0. The third kappa shape index (κ3) is 3.03. The molecule has 25 heavy (non-hydrogen) atoms.